The molecule has 2 nitrogen and oxygen atoms in total. The smallest absolute Gasteiger partial charge is 0.134 e. The normalized spacial score (nSPS) is 11.1. The molecule has 1 heterocycles. The lowest BCUT2D eigenvalue weighted by atomic mass is 10.1. The Balaban J connectivity index is 2.45. The summed E-state index contributed by atoms with van der Waals surface area (Å²) in [5.74, 6) is 1.08. The van der Waals surface area contributed by atoms with E-state index in [-0.39, 0.29) is 0 Å². The van der Waals surface area contributed by atoms with E-state index < -0.39 is 0 Å². The van der Waals surface area contributed by atoms with Gasteiger partial charge in [0, 0.05) is 11.8 Å². The van der Waals surface area contributed by atoms with E-state index in [2.05, 4.69) is 26.0 Å². The van der Waals surface area contributed by atoms with Crippen molar-refractivity contribution in [2.75, 3.05) is 6.54 Å². The van der Waals surface area contributed by atoms with Crippen molar-refractivity contribution in [1.82, 2.24) is 0 Å². The maximum absolute atomic E-state index is 5.80. The summed E-state index contributed by atoms with van der Waals surface area (Å²) in [6.45, 7) is 4.94. The molecule has 1 aromatic carbocycles. The molecule has 15 heavy (non-hydrogen) atoms. The minimum Gasteiger partial charge on any atom is -0.461 e. The van der Waals surface area contributed by atoms with Crippen molar-refractivity contribution in [3.8, 4) is 0 Å². The second kappa shape index (κ2) is 4.07. The number of aryl methyl sites for hydroxylation is 3. The zero-order valence-electron chi connectivity index (χ0n) is 9.34. The molecule has 0 aliphatic carbocycles. The first-order chi connectivity index (χ1) is 7.22. The molecule has 2 heteroatoms. The van der Waals surface area contributed by atoms with Gasteiger partial charge in [0.1, 0.15) is 11.3 Å². The zero-order valence-corrected chi connectivity index (χ0v) is 9.34. The van der Waals surface area contributed by atoms with Crippen LogP contribution in [-0.4, -0.2) is 6.54 Å². The number of hydrogen-bond acceptors (Lipinski definition) is 2. The van der Waals surface area contributed by atoms with E-state index in [0.717, 1.165) is 30.7 Å². The number of furan rings is 1. The molecule has 2 aromatic rings. The van der Waals surface area contributed by atoms with Crippen LogP contribution in [0.1, 0.15) is 23.3 Å². The summed E-state index contributed by atoms with van der Waals surface area (Å²) in [6.07, 6.45) is 1.93. The second-order valence-corrected chi connectivity index (χ2v) is 4.04. The number of rotatable bonds is 3. The van der Waals surface area contributed by atoms with E-state index in [1.165, 1.54) is 16.5 Å². The lowest BCUT2D eigenvalue weighted by Gasteiger charge is -1.95. The van der Waals surface area contributed by atoms with E-state index in [1.54, 1.807) is 0 Å². The molecule has 0 aliphatic heterocycles. The molecular formula is C13H17NO. The second-order valence-electron chi connectivity index (χ2n) is 4.04. The Morgan fingerprint density at radius 3 is 2.80 bits per heavy atom. The van der Waals surface area contributed by atoms with E-state index in [4.69, 9.17) is 10.2 Å². The van der Waals surface area contributed by atoms with Crippen LogP contribution in [0.3, 0.4) is 0 Å². The Labute approximate surface area is 90.1 Å². The fourth-order valence-corrected chi connectivity index (χ4v) is 1.89. The molecule has 80 valence electrons. The van der Waals surface area contributed by atoms with Crippen LogP contribution in [0.5, 0.6) is 0 Å². The molecular weight excluding hydrogens is 186 g/mol. The molecule has 0 amide bonds. The van der Waals surface area contributed by atoms with Crippen LogP contribution in [0.4, 0.5) is 0 Å². The first kappa shape index (κ1) is 10.2. The Bertz CT molecular complexity index is 471. The van der Waals surface area contributed by atoms with E-state index in [0.29, 0.717) is 0 Å². The van der Waals surface area contributed by atoms with Crippen LogP contribution >= 0.6 is 0 Å². The molecule has 0 bridgehead atoms. The third-order valence-electron chi connectivity index (χ3n) is 2.80. The summed E-state index contributed by atoms with van der Waals surface area (Å²) < 4.78 is 5.80. The highest BCUT2D eigenvalue weighted by atomic mass is 16.3. The zero-order chi connectivity index (χ0) is 10.8. The Kier molecular flexibility index (Phi) is 2.78. The maximum Gasteiger partial charge on any atom is 0.134 e. The van der Waals surface area contributed by atoms with Crippen LogP contribution < -0.4 is 5.73 Å². The van der Waals surface area contributed by atoms with Gasteiger partial charge in [-0.25, -0.2) is 0 Å². The first-order valence-corrected chi connectivity index (χ1v) is 5.41. The van der Waals surface area contributed by atoms with Gasteiger partial charge in [-0.05, 0) is 44.5 Å². The molecule has 0 saturated carbocycles. The van der Waals surface area contributed by atoms with Gasteiger partial charge in [0.15, 0.2) is 0 Å². The quantitative estimate of drug-likeness (QED) is 0.833. The minimum absolute atomic E-state index is 0.718. The van der Waals surface area contributed by atoms with Crippen LogP contribution in [0.25, 0.3) is 11.0 Å². The standard InChI is InChI=1S/C13H17NO/c1-9-5-6-13-11(8-9)10(2)12(15-13)4-3-7-14/h5-6,8H,3-4,7,14H2,1-2H3. The predicted molar refractivity (Wildman–Crippen MR) is 63.1 cm³/mol. The fourth-order valence-electron chi connectivity index (χ4n) is 1.89. The van der Waals surface area contributed by atoms with Crippen molar-refractivity contribution < 1.29 is 4.42 Å². The highest BCUT2D eigenvalue weighted by Gasteiger charge is 2.09. The Morgan fingerprint density at radius 1 is 1.27 bits per heavy atom. The maximum atomic E-state index is 5.80. The molecule has 0 atom stereocenters. The van der Waals surface area contributed by atoms with Crippen molar-refractivity contribution >= 4 is 11.0 Å². The molecule has 2 N–H and O–H groups in total. The molecule has 0 unspecified atom stereocenters. The minimum atomic E-state index is 0.718. The van der Waals surface area contributed by atoms with Gasteiger partial charge in [-0.15, -0.1) is 0 Å². The van der Waals surface area contributed by atoms with Crippen molar-refractivity contribution in [3.05, 3.63) is 35.1 Å². The van der Waals surface area contributed by atoms with Gasteiger partial charge in [0.25, 0.3) is 0 Å². The molecule has 0 fully saturated rings. The van der Waals surface area contributed by atoms with Crippen molar-refractivity contribution in [2.45, 2.75) is 26.7 Å². The van der Waals surface area contributed by atoms with Crippen LogP contribution in [0.15, 0.2) is 22.6 Å². The highest BCUT2D eigenvalue weighted by Crippen LogP contribution is 2.26. The highest BCUT2D eigenvalue weighted by molar-refractivity contribution is 5.82. The number of hydrogen-bond donors (Lipinski definition) is 1. The van der Waals surface area contributed by atoms with Gasteiger partial charge in [-0.1, -0.05) is 11.6 Å². The molecule has 0 radical (unpaired) electrons. The Morgan fingerprint density at radius 2 is 2.07 bits per heavy atom. The SMILES string of the molecule is Cc1ccc2oc(CCCN)c(C)c2c1. The summed E-state index contributed by atoms with van der Waals surface area (Å²) >= 11 is 0. The van der Waals surface area contributed by atoms with Gasteiger partial charge in [-0.3, -0.25) is 0 Å². The lowest BCUT2D eigenvalue weighted by molar-refractivity contribution is 0.536. The number of fused-ring (bicyclic) bond motifs is 1. The monoisotopic (exact) mass is 203 g/mol. The molecule has 1 aromatic heterocycles. The lowest BCUT2D eigenvalue weighted by Crippen LogP contribution is -2.00. The summed E-state index contributed by atoms with van der Waals surface area (Å²) in [4.78, 5) is 0. The van der Waals surface area contributed by atoms with Crippen LogP contribution in [0.2, 0.25) is 0 Å². The van der Waals surface area contributed by atoms with Crippen LogP contribution in [0, 0.1) is 13.8 Å². The average molecular weight is 203 g/mol. The van der Waals surface area contributed by atoms with Gasteiger partial charge in [0.05, 0.1) is 0 Å². The molecule has 0 spiro atoms. The Hall–Kier alpha value is -1.28. The van der Waals surface area contributed by atoms with E-state index >= 15 is 0 Å². The van der Waals surface area contributed by atoms with Crippen LogP contribution in [-0.2, 0) is 6.42 Å². The average Bonchev–Trinajstić information content (AvgIpc) is 2.53. The third kappa shape index (κ3) is 1.90. The molecule has 2 rings (SSSR count). The summed E-state index contributed by atoms with van der Waals surface area (Å²) in [6, 6.07) is 6.31. The fraction of sp³-hybridized carbons (Fsp3) is 0.385. The summed E-state index contributed by atoms with van der Waals surface area (Å²) in [5, 5.41) is 1.24. The van der Waals surface area contributed by atoms with Crippen molar-refractivity contribution in [1.29, 1.82) is 0 Å². The number of benzene rings is 1. The van der Waals surface area contributed by atoms with Crippen molar-refractivity contribution in [3.63, 3.8) is 0 Å². The summed E-state index contributed by atoms with van der Waals surface area (Å²) in [5.41, 5.74) is 9.03. The van der Waals surface area contributed by atoms with E-state index in [9.17, 15) is 0 Å². The molecule has 0 aliphatic rings. The summed E-state index contributed by atoms with van der Waals surface area (Å²) in [7, 11) is 0. The van der Waals surface area contributed by atoms with Crippen molar-refractivity contribution in [2.24, 2.45) is 5.73 Å². The predicted octanol–water partition coefficient (Wildman–Crippen LogP) is 2.94. The van der Waals surface area contributed by atoms with Gasteiger partial charge >= 0.3 is 0 Å². The van der Waals surface area contributed by atoms with Gasteiger partial charge in [-0.2, -0.15) is 0 Å². The number of nitrogens with two attached hydrogens (primary N) is 1. The molecule has 0 saturated heterocycles. The topological polar surface area (TPSA) is 39.2 Å². The first-order valence-electron chi connectivity index (χ1n) is 5.41. The van der Waals surface area contributed by atoms with Gasteiger partial charge in [0.2, 0.25) is 0 Å². The largest absolute Gasteiger partial charge is 0.461 e. The van der Waals surface area contributed by atoms with E-state index in [1.807, 2.05) is 6.07 Å². The van der Waals surface area contributed by atoms with Gasteiger partial charge < -0.3 is 10.2 Å². The third-order valence-corrected chi connectivity index (χ3v) is 2.80.